The number of likely N-dealkylation sites (tertiary alicyclic amines) is 1. The molecular formula is C23H27N3O3S2. The van der Waals surface area contributed by atoms with Gasteiger partial charge in [-0.2, -0.15) is 0 Å². The molecule has 8 heteroatoms. The summed E-state index contributed by atoms with van der Waals surface area (Å²) in [6.45, 7) is 3.87. The molecule has 1 fully saturated rings. The van der Waals surface area contributed by atoms with Crippen molar-refractivity contribution in [1.29, 1.82) is 0 Å². The monoisotopic (exact) mass is 457 g/mol. The number of methoxy groups -OCH3 is 1. The molecule has 0 saturated carbocycles. The van der Waals surface area contributed by atoms with Crippen LogP contribution in [0.3, 0.4) is 0 Å². The second-order valence-corrected chi connectivity index (χ2v) is 10.0. The molecule has 164 valence electrons. The number of hydrogen-bond acceptors (Lipinski definition) is 8. The molecule has 3 aromatic rings. The number of hydrogen-bond donors (Lipinski definition) is 1. The van der Waals surface area contributed by atoms with Crippen molar-refractivity contribution in [2.75, 3.05) is 33.0 Å². The standard InChI is InChI=1S/C23H27N3O3S2/c1-14-24-18-5-4-16(29-3)12-17(18)23(25-14)30-13-19(27)20-6-7-21(31-20)22(28)15-8-10-26(2)11-9-15/h4-7,12,15,22,28H,8-11,13H2,1-3H3. The van der Waals surface area contributed by atoms with E-state index in [1.54, 1.807) is 7.11 Å². The summed E-state index contributed by atoms with van der Waals surface area (Å²) in [5.74, 6) is 2.00. The lowest BCUT2D eigenvalue weighted by Crippen LogP contribution is -2.32. The molecule has 1 aromatic carbocycles. The highest BCUT2D eigenvalue weighted by Crippen LogP contribution is 2.35. The van der Waals surface area contributed by atoms with E-state index in [2.05, 4.69) is 21.9 Å². The Morgan fingerprint density at radius 3 is 2.81 bits per heavy atom. The van der Waals surface area contributed by atoms with Gasteiger partial charge in [0.2, 0.25) is 0 Å². The Bertz CT molecular complexity index is 1080. The van der Waals surface area contributed by atoms with Gasteiger partial charge in [0.15, 0.2) is 5.78 Å². The minimum Gasteiger partial charge on any atom is -0.497 e. The highest BCUT2D eigenvalue weighted by atomic mass is 32.2. The van der Waals surface area contributed by atoms with Gasteiger partial charge < -0.3 is 14.7 Å². The molecule has 1 N–H and O–H groups in total. The zero-order valence-corrected chi connectivity index (χ0v) is 19.6. The van der Waals surface area contributed by atoms with Gasteiger partial charge in [-0.1, -0.05) is 11.8 Å². The number of aliphatic hydroxyl groups is 1. The van der Waals surface area contributed by atoms with E-state index in [0.717, 1.165) is 52.5 Å². The van der Waals surface area contributed by atoms with Crippen molar-refractivity contribution < 1.29 is 14.6 Å². The van der Waals surface area contributed by atoms with E-state index in [1.807, 2.05) is 37.3 Å². The van der Waals surface area contributed by atoms with Crippen molar-refractivity contribution in [3.63, 3.8) is 0 Å². The number of ketones is 1. The number of aromatic nitrogens is 2. The molecule has 1 saturated heterocycles. The summed E-state index contributed by atoms with van der Waals surface area (Å²) >= 11 is 2.83. The molecule has 0 bridgehead atoms. The maximum Gasteiger partial charge on any atom is 0.183 e. The average Bonchev–Trinajstić information content (AvgIpc) is 3.27. The number of rotatable bonds is 7. The van der Waals surface area contributed by atoms with Crippen LogP contribution in [-0.2, 0) is 0 Å². The lowest BCUT2D eigenvalue weighted by molar-refractivity contribution is 0.0683. The molecule has 0 aliphatic carbocycles. The molecule has 1 aliphatic heterocycles. The summed E-state index contributed by atoms with van der Waals surface area (Å²) in [6.07, 6.45) is 1.48. The Kier molecular flexibility index (Phi) is 6.91. The quantitative estimate of drug-likeness (QED) is 0.321. The molecule has 2 aromatic heterocycles. The van der Waals surface area contributed by atoms with E-state index in [9.17, 15) is 9.90 Å². The number of aliphatic hydroxyl groups excluding tert-OH is 1. The van der Waals surface area contributed by atoms with Crippen LogP contribution in [0.5, 0.6) is 5.75 Å². The van der Waals surface area contributed by atoms with E-state index >= 15 is 0 Å². The molecule has 31 heavy (non-hydrogen) atoms. The third-order valence-corrected chi connectivity index (χ3v) is 7.91. The predicted octanol–water partition coefficient (Wildman–Crippen LogP) is 4.36. The van der Waals surface area contributed by atoms with Crippen LogP contribution in [0.2, 0.25) is 0 Å². The maximum absolute atomic E-state index is 12.9. The summed E-state index contributed by atoms with van der Waals surface area (Å²) < 4.78 is 5.33. The Morgan fingerprint density at radius 2 is 2.06 bits per heavy atom. The Hall–Kier alpha value is -2.00. The Morgan fingerprint density at radius 1 is 1.29 bits per heavy atom. The third-order valence-electron chi connectivity index (χ3n) is 5.72. The first-order chi connectivity index (χ1) is 14.9. The Labute approximate surface area is 190 Å². The van der Waals surface area contributed by atoms with Crippen LogP contribution in [0, 0.1) is 12.8 Å². The molecule has 3 heterocycles. The van der Waals surface area contributed by atoms with Crippen molar-refractivity contribution in [3.8, 4) is 5.75 Å². The highest BCUT2D eigenvalue weighted by Gasteiger charge is 2.26. The second kappa shape index (κ2) is 9.65. The van der Waals surface area contributed by atoms with Crippen LogP contribution in [0.4, 0.5) is 0 Å². The number of benzene rings is 1. The van der Waals surface area contributed by atoms with Crippen molar-refractivity contribution in [3.05, 3.63) is 45.9 Å². The number of fused-ring (bicyclic) bond motifs is 1. The van der Waals surface area contributed by atoms with Gasteiger partial charge in [-0.3, -0.25) is 4.79 Å². The first-order valence-electron chi connectivity index (χ1n) is 10.4. The van der Waals surface area contributed by atoms with Gasteiger partial charge in [-0.25, -0.2) is 9.97 Å². The third kappa shape index (κ3) is 5.09. The molecule has 1 unspecified atom stereocenters. The molecule has 1 aliphatic rings. The minimum atomic E-state index is -0.492. The van der Waals surface area contributed by atoms with Crippen LogP contribution < -0.4 is 4.74 Å². The topological polar surface area (TPSA) is 75.5 Å². The zero-order valence-electron chi connectivity index (χ0n) is 18.0. The SMILES string of the molecule is COc1ccc2nc(C)nc(SCC(=O)c3ccc(C(O)C4CCN(C)CC4)s3)c2c1. The van der Waals surface area contributed by atoms with E-state index in [-0.39, 0.29) is 17.5 Å². The first kappa shape index (κ1) is 22.2. The largest absolute Gasteiger partial charge is 0.497 e. The molecule has 0 spiro atoms. The number of carbonyl (C=O) groups is 1. The maximum atomic E-state index is 12.9. The fraction of sp³-hybridized carbons (Fsp3) is 0.435. The second-order valence-electron chi connectivity index (χ2n) is 7.96. The van der Waals surface area contributed by atoms with Crippen molar-refractivity contribution in [2.45, 2.75) is 30.9 Å². The van der Waals surface area contributed by atoms with Gasteiger partial charge >= 0.3 is 0 Å². The van der Waals surface area contributed by atoms with Crippen molar-refractivity contribution >= 4 is 39.8 Å². The number of Topliss-reactive ketones (excluding diaryl/α,β-unsaturated/α-hetero) is 1. The van der Waals surface area contributed by atoms with Gasteiger partial charge in [0.25, 0.3) is 0 Å². The molecule has 1 atom stereocenters. The number of ether oxygens (including phenoxy) is 1. The summed E-state index contributed by atoms with van der Waals surface area (Å²) in [5.41, 5.74) is 0.836. The Balaban J connectivity index is 1.45. The fourth-order valence-electron chi connectivity index (χ4n) is 3.87. The molecule has 6 nitrogen and oxygen atoms in total. The summed E-state index contributed by atoms with van der Waals surface area (Å²) in [7, 11) is 3.74. The smallest absolute Gasteiger partial charge is 0.183 e. The zero-order chi connectivity index (χ0) is 22.0. The average molecular weight is 458 g/mol. The minimum absolute atomic E-state index is 0.0455. The number of piperidine rings is 1. The van der Waals surface area contributed by atoms with Crippen LogP contribution in [0.15, 0.2) is 35.4 Å². The van der Waals surface area contributed by atoms with Crippen LogP contribution >= 0.6 is 23.1 Å². The van der Waals surface area contributed by atoms with Gasteiger partial charge in [-0.05, 0) is 76.2 Å². The van der Waals surface area contributed by atoms with Crippen LogP contribution in [0.1, 0.15) is 39.3 Å². The van der Waals surface area contributed by atoms with Crippen LogP contribution in [0.25, 0.3) is 10.9 Å². The normalized spacial score (nSPS) is 16.5. The number of thioether (sulfide) groups is 1. The number of aryl methyl sites for hydroxylation is 1. The molecule has 0 radical (unpaired) electrons. The number of thiophene rings is 1. The van der Waals surface area contributed by atoms with Gasteiger partial charge in [0, 0.05) is 10.3 Å². The van der Waals surface area contributed by atoms with Crippen LogP contribution in [-0.4, -0.2) is 58.8 Å². The van der Waals surface area contributed by atoms with Crippen molar-refractivity contribution in [1.82, 2.24) is 14.9 Å². The van der Waals surface area contributed by atoms with E-state index < -0.39 is 6.10 Å². The van der Waals surface area contributed by atoms with Gasteiger partial charge in [-0.15, -0.1) is 11.3 Å². The fourth-order valence-corrected chi connectivity index (χ4v) is 5.93. The van der Waals surface area contributed by atoms with E-state index in [4.69, 9.17) is 4.74 Å². The van der Waals surface area contributed by atoms with Crippen molar-refractivity contribution in [2.24, 2.45) is 5.92 Å². The molecule has 0 amide bonds. The summed E-state index contributed by atoms with van der Waals surface area (Å²) in [5, 5.41) is 12.4. The molecular weight excluding hydrogens is 430 g/mol. The van der Waals surface area contributed by atoms with Gasteiger partial charge in [0.05, 0.1) is 29.4 Å². The predicted molar refractivity (Wildman–Crippen MR) is 125 cm³/mol. The summed E-state index contributed by atoms with van der Waals surface area (Å²) in [6, 6.07) is 9.43. The lowest BCUT2D eigenvalue weighted by Gasteiger charge is -2.31. The highest BCUT2D eigenvalue weighted by molar-refractivity contribution is 8.00. The van der Waals surface area contributed by atoms with Gasteiger partial charge in [0.1, 0.15) is 16.6 Å². The molecule has 4 rings (SSSR count). The summed E-state index contributed by atoms with van der Waals surface area (Å²) in [4.78, 5) is 25.7. The number of carbonyl (C=O) groups excluding carboxylic acids is 1. The number of nitrogens with zero attached hydrogens (tertiary/aromatic N) is 3. The van der Waals surface area contributed by atoms with E-state index in [0.29, 0.717) is 10.7 Å². The lowest BCUT2D eigenvalue weighted by atomic mass is 9.91. The van der Waals surface area contributed by atoms with E-state index in [1.165, 1.54) is 23.1 Å². The first-order valence-corrected chi connectivity index (χ1v) is 12.2.